The smallest absolute Gasteiger partial charge is 0.353 e. The van der Waals surface area contributed by atoms with Crippen molar-refractivity contribution in [3.8, 4) is 0 Å². The van der Waals surface area contributed by atoms with E-state index in [0.29, 0.717) is 24.5 Å². The number of unbranched alkanes of at least 4 members (excludes halogenated alkanes) is 3. The topological polar surface area (TPSA) is 43.4 Å². The monoisotopic (exact) mass is 362 g/mol. The Bertz CT molecular complexity index is 609. The van der Waals surface area contributed by atoms with Gasteiger partial charge in [0.05, 0.1) is 6.61 Å². The second-order valence-electron chi connectivity index (χ2n) is 6.54. The van der Waals surface area contributed by atoms with E-state index in [1.165, 1.54) is 12.8 Å². The van der Waals surface area contributed by atoms with E-state index in [1.807, 2.05) is 25.1 Å². The summed E-state index contributed by atoms with van der Waals surface area (Å²) in [5.74, 6) is 1.49. The van der Waals surface area contributed by atoms with Crippen molar-refractivity contribution in [2.45, 2.75) is 58.1 Å². The van der Waals surface area contributed by atoms with Crippen LogP contribution in [-0.4, -0.2) is 23.4 Å². The molecule has 0 bridgehead atoms. The van der Waals surface area contributed by atoms with Gasteiger partial charge in [0, 0.05) is 12.2 Å². The summed E-state index contributed by atoms with van der Waals surface area (Å²) < 4.78 is 5.50. The van der Waals surface area contributed by atoms with Gasteiger partial charge in [-0.3, -0.25) is 4.79 Å². The van der Waals surface area contributed by atoms with Gasteiger partial charge in [0.15, 0.2) is 5.78 Å². The van der Waals surface area contributed by atoms with Crippen LogP contribution in [0.25, 0.3) is 0 Å². The number of hydrogen-bond acceptors (Lipinski definition) is 3. The Morgan fingerprint density at radius 1 is 1.12 bits per heavy atom. The molecule has 4 heteroatoms. The normalized spacial score (nSPS) is 22.8. The minimum atomic E-state index is -1.77. The molecule has 0 aliphatic carbocycles. The fraction of sp³-hybridized carbons (Fsp3) is 0.524. The van der Waals surface area contributed by atoms with Gasteiger partial charge in [0.25, 0.3) is 0 Å². The fourth-order valence-electron chi connectivity index (χ4n) is 3.27. The van der Waals surface area contributed by atoms with E-state index in [0.717, 1.165) is 29.7 Å². The predicted octanol–water partition coefficient (Wildman–Crippen LogP) is 5.97. The molecule has 0 saturated carbocycles. The molecule has 1 aromatic carbocycles. The van der Waals surface area contributed by atoms with Crippen LogP contribution in [0.15, 0.2) is 41.3 Å². The van der Waals surface area contributed by atoms with Gasteiger partial charge in [-0.25, -0.2) is 4.79 Å². The molecule has 1 aromatic rings. The molecule has 0 spiro atoms. The van der Waals surface area contributed by atoms with Crippen molar-refractivity contribution in [1.29, 1.82) is 0 Å². The number of carbonyl (C=O) groups is 2. The van der Waals surface area contributed by atoms with Crippen LogP contribution in [0.1, 0.15) is 57.9 Å². The third kappa shape index (κ3) is 5.21. The summed E-state index contributed by atoms with van der Waals surface area (Å²) in [4.78, 5) is 26.1. The fourth-order valence-corrected chi connectivity index (χ4v) is 6.90. The highest BCUT2D eigenvalue weighted by Crippen LogP contribution is 2.62. The number of carbonyl (C=O) groups excluding carboxylic acids is 2. The van der Waals surface area contributed by atoms with E-state index in [-0.39, 0.29) is 11.1 Å². The number of hydrogen-bond donors (Lipinski definition) is 0. The summed E-state index contributed by atoms with van der Waals surface area (Å²) in [5, 5.41) is -0.0897. The van der Waals surface area contributed by atoms with Crippen LogP contribution in [-0.2, 0) is 15.3 Å². The molecule has 1 unspecified atom stereocenters. The molecule has 1 atom stereocenters. The zero-order valence-corrected chi connectivity index (χ0v) is 16.3. The highest BCUT2D eigenvalue weighted by Gasteiger charge is 2.40. The highest BCUT2D eigenvalue weighted by molar-refractivity contribution is 8.47. The molecule has 25 heavy (non-hydrogen) atoms. The van der Waals surface area contributed by atoms with E-state index < -0.39 is 10.0 Å². The third-order valence-corrected chi connectivity index (χ3v) is 8.44. The van der Waals surface area contributed by atoms with Gasteiger partial charge in [0.1, 0.15) is 0 Å². The minimum absolute atomic E-state index is 0.0897. The van der Waals surface area contributed by atoms with E-state index in [9.17, 15) is 9.59 Å². The summed E-state index contributed by atoms with van der Waals surface area (Å²) >= 11 is 0. The molecule has 1 heterocycles. The molecule has 0 fully saturated rings. The molecule has 138 valence electrons. The van der Waals surface area contributed by atoms with Crippen LogP contribution in [0.2, 0.25) is 0 Å². The third-order valence-electron chi connectivity index (χ3n) is 4.63. The minimum Gasteiger partial charge on any atom is -0.459 e. The lowest BCUT2D eigenvalue weighted by molar-refractivity contribution is -0.114. The SMILES string of the molecule is CCCCCCC1=CC(=O)CCS1(Cc1ccccc1)C(=O)OCC. The molecular weight excluding hydrogens is 332 g/mol. The van der Waals surface area contributed by atoms with Crippen LogP contribution in [0.3, 0.4) is 0 Å². The van der Waals surface area contributed by atoms with Crippen molar-refractivity contribution >= 4 is 21.1 Å². The van der Waals surface area contributed by atoms with Crippen LogP contribution in [0, 0.1) is 0 Å². The molecular formula is C21H30O3S. The predicted molar refractivity (Wildman–Crippen MR) is 106 cm³/mol. The number of benzene rings is 1. The molecule has 1 aliphatic heterocycles. The quantitative estimate of drug-likeness (QED) is 0.422. The molecule has 0 saturated heterocycles. The van der Waals surface area contributed by atoms with E-state index in [2.05, 4.69) is 19.1 Å². The summed E-state index contributed by atoms with van der Waals surface area (Å²) in [7, 11) is -1.77. The maximum Gasteiger partial charge on any atom is 0.353 e. The van der Waals surface area contributed by atoms with Gasteiger partial charge in [-0.2, -0.15) is 0 Å². The Labute approximate surface area is 153 Å². The Balaban J connectivity index is 2.30. The van der Waals surface area contributed by atoms with Crippen molar-refractivity contribution in [2.75, 3.05) is 12.4 Å². The van der Waals surface area contributed by atoms with Gasteiger partial charge in [-0.1, -0.05) is 56.5 Å². The maximum atomic E-state index is 13.0. The Morgan fingerprint density at radius 3 is 2.56 bits per heavy atom. The van der Waals surface area contributed by atoms with Gasteiger partial charge < -0.3 is 4.74 Å². The van der Waals surface area contributed by atoms with E-state index in [1.54, 1.807) is 6.08 Å². The Kier molecular flexibility index (Phi) is 7.76. The van der Waals surface area contributed by atoms with Crippen LogP contribution in [0.5, 0.6) is 0 Å². The zero-order chi connectivity index (χ0) is 18.1. The van der Waals surface area contributed by atoms with Gasteiger partial charge in [-0.05, 0) is 42.1 Å². The first-order chi connectivity index (χ1) is 12.1. The first kappa shape index (κ1) is 19.8. The van der Waals surface area contributed by atoms with E-state index in [4.69, 9.17) is 4.74 Å². The summed E-state index contributed by atoms with van der Waals surface area (Å²) in [6.07, 6.45) is 7.62. The van der Waals surface area contributed by atoms with Crippen molar-refractivity contribution in [3.05, 3.63) is 46.9 Å². The Hall–Kier alpha value is -1.55. The first-order valence-electron chi connectivity index (χ1n) is 9.35. The molecule has 0 amide bonds. The lowest BCUT2D eigenvalue weighted by Gasteiger charge is -2.41. The number of ketones is 1. The van der Waals surface area contributed by atoms with Crippen molar-refractivity contribution in [1.82, 2.24) is 0 Å². The molecule has 0 radical (unpaired) electrons. The lowest BCUT2D eigenvalue weighted by atomic mass is 10.1. The summed E-state index contributed by atoms with van der Waals surface area (Å²) in [6, 6.07) is 10.1. The average molecular weight is 363 g/mol. The average Bonchev–Trinajstić information content (AvgIpc) is 2.62. The Morgan fingerprint density at radius 2 is 1.88 bits per heavy atom. The van der Waals surface area contributed by atoms with Crippen molar-refractivity contribution < 1.29 is 14.3 Å². The van der Waals surface area contributed by atoms with Gasteiger partial charge in [-0.15, -0.1) is 10.0 Å². The second-order valence-corrected chi connectivity index (χ2v) is 9.86. The molecule has 0 aromatic heterocycles. The lowest BCUT2D eigenvalue weighted by Crippen LogP contribution is -2.26. The molecule has 2 rings (SSSR count). The zero-order valence-electron chi connectivity index (χ0n) is 15.5. The molecule has 1 aliphatic rings. The van der Waals surface area contributed by atoms with Crippen molar-refractivity contribution in [3.63, 3.8) is 0 Å². The second kappa shape index (κ2) is 9.81. The number of ether oxygens (including phenoxy) is 1. The summed E-state index contributed by atoms with van der Waals surface area (Å²) in [6.45, 7) is 4.43. The van der Waals surface area contributed by atoms with Gasteiger partial charge in [0.2, 0.25) is 0 Å². The van der Waals surface area contributed by atoms with Crippen molar-refractivity contribution in [2.24, 2.45) is 0 Å². The molecule has 3 nitrogen and oxygen atoms in total. The van der Waals surface area contributed by atoms with E-state index >= 15 is 0 Å². The standard InChI is InChI=1S/C21H30O3S/c1-3-5-6-10-13-20-16-19(22)14-15-25(20,21(23)24-4-2)17-18-11-8-7-9-12-18/h7-9,11-12,16H,3-6,10,13-15,17H2,1-2H3. The van der Waals surface area contributed by atoms with Crippen LogP contribution >= 0.6 is 10.0 Å². The number of rotatable bonds is 8. The molecule has 0 N–H and O–H groups in total. The van der Waals surface area contributed by atoms with Crippen LogP contribution in [0.4, 0.5) is 4.79 Å². The summed E-state index contributed by atoms with van der Waals surface area (Å²) in [5.41, 5.74) is 1.15. The van der Waals surface area contributed by atoms with Gasteiger partial charge >= 0.3 is 5.30 Å². The first-order valence-corrected chi connectivity index (χ1v) is 11.3. The highest BCUT2D eigenvalue weighted by atomic mass is 32.3. The largest absolute Gasteiger partial charge is 0.459 e. The van der Waals surface area contributed by atoms with Crippen LogP contribution < -0.4 is 0 Å². The maximum absolute atomic E-state index is 13.0. The number of allylic oxidation sites excluding steroid dienone is 2.